The molecule has 0 aromatic carbocycles. The highest BCUT2D eigenvalue weighted by molar-refractivity contribution is 5.66. The summed E-state index contributed by atoms with van der Waals surface area (Å²) in [5, 5.41) is 19.3. The fraction of sp³-hybridized carbons (Fsp3) is 0.958. The summed E-state index contributed by atoms with van der Waals surface area (Å²) < 4.78 is 0. The molecule has 0 heterocycles. The Kier molecular flexibility index (Phi) is 5.15. The lowest BCUT2D eigenvalue weighted by atomic mass is 9.44. The van der Waals surface area contributed by atoms with Crippen LogP contribution in [-0.4, -0.2) is 22.3 Å². The van der Waals surface area contributed by atoms with Gasteiger partial charge in [-0.2, -0.15) is 0 Å². The van der Waals surface area contributed by atoms with Crippen molar-refractivity contribution in [3.05, 3.63) is 0 Å². The van der Waals surface area contributed by atoms with Crippen molar-refractivity contribution in [2.45, 2.75) is 97.5 Å². The smallest absolute Gasteiger partial charge is 0.303 e. The predicted octanol–water partition coefficient (Wildman–Crippen LogP) is 5.51. The van der Waals surface area contributed by atoms with E-state index in [0.717, 1.165) is 42.9 Å². The molecule has 27 heavy (non-hydrogen) atoms. The van der Waals surface area contributed by atoms with Crippen LogP contribution in [-0.2, 0) is 4.79 Å². The summed E-state index contributed by atoms with van der Waals surface area (Å²) in [6, 6.07) is 0. The van der Waals surface area contributed by atoms with E-state index in [1.54, 1.807) is 0 Å². The minimum atomic E-state index is -0.643. The molecule has 9 atom stereocenters. The maximum atomic E-state index is 11.0. The van der Waals surface area contributed by atoms with Gasteiger partial charge in [0.05, 0.1) is 6.10 Å². The summed E-state index contributed by atoms with van der Waals surface area (Å²) in [5.74, 6) is 3.91. The summed E-state index contributed by atoms with van der Waals surface area (Å²) in [4.78, 5) is 11.0. The molecule has 0 spiro atoms. The minimum Gasteiger partial charge on any atom is -0.481 e. The first kappa shape index (κ1) is 19.7. The van der Waals surface area contributed by atoms with Crippen molar-refractivity contribution in [3.8, 4) is 0 Å². The molecule has 0 saturated heterocycles. The molecule has 0 aliphatic heterocycles. The molecule has 0 unspecified atom stereocenters. The number of carbonyl (C=O) groups is 1. The topological polar surface area (TPSA) is 57.5 Å². The molecule has 3 heteroatoms. The molecule has 0 amide bonds. The van der Waals surface area contributed by atoms with Crippen LogP contribution >= 0.6 is 0 Å². The fourth-order valence-corrected chi connectivity index (χ4v) is 8.76. The number of rotatable bonds is 4. The second kappa shape index (κ2) is 7.04. The number of aliphatic carboxylic acids is 1. The van der Waals surface area contributed by atoms with Crippen LogP contribution in [0, 0.1) is 46.3 Å². The van der Waals surface area contributed by atoms with E-state index in [4.69, 9.17) is 5.11 Å². The van der Waals surface area contributed by atoms with Gasteiger partial charge in [-0.1, -0.05) is 20.8 Å². The van der Waals surface area contributed by atoms with E-state index in [9.17, 15) is 9.90 Å². The second-order valence-electron chi connectivity index (χ2n) is 11.2. The Bertz CT molecular complexity index is 574. The van der Waals surface area contributed by atoms with Gasteiger partial charge in [0.1, 0.15) is 0 Å². The Morgan fingerprint density at radius 1 is 1.00 bits per heavy atom. The van der Waals surface area contributed by atoms with E-state index >= 15 is 0 Å². The Morgan fingerprint density at radius 2 is 1.70 bits per heavy atom. The Balaban J connectivity index is 1.51. The van der Waals surface area contributed by atoms with Crippen molar-refractivity contribution < 1.29 is 15.0 Å². The van der Waals surface area contributed by atoms with E-state index in [1.807, 2.05) is 0 Å². The summed E-state index contributed by atoms with van der Waals surface area (Å²) >= 11 is 0. The quantitative estimate of drug-likeness (QED) is 0.680. The van der Waals surface area contributed by atoms with Crippen molar-refractivity contribution in [3.63, 3.8) is 0 Å². The summed E-state index contributed by atoms with van der Waals surface area (Å²) in [5.41, 5.74) is 0.882. The van der Waals surface area contributed by atoms with Crippen LogP contribution in [0.1, 0.15) is 91.4 Å². The average Bonchev–Trinajstić information content (AvgIpc) is 2.97. The zero-order valence-electron chi connectivity index (χ0n) is 17.6. The molecule has 0 aromatic rings. The molecule has 2 N–H and O–H groups in total. The van der Waals surface area contributed by atoms with Crippen molar-refractivity contribution in [1.82, 2.24) is 0 Å². The number of aliphatic hydroxyl groups is 1. The van der Waals surface area contributed by atoms with Gasteiger partial charge in [-0.3, -0.25) is 4.79 Å². The first-order valence-corrected chi connectivity index (χ1v) is 11.7. The molecule has 0 aromatic heterocycles. The van der Waals surface area contributed by atoms with E-state index in [1.165, 1.54) is 44.9 Å². The van der Waals surface area contributed by atoms with E-state index in [2.05, 4.69) is 20.8 Å². The Hall–Kier alpha value is -0.570. The normalized spacial score (nSPS) is 50.4. The number of carboxylic acids is 1. The summed E-state index contributed by atoms with van der Waals surface area (Å²) in [7, 11) is 0. The van der Waals surface area contributed by atoms with Crippen molar-refractivity contribution in [2.24, 2.45) is 46.3 Å². The van der Waals surface area contributed by atoms with E-state index in [0.29, 0.717) is 29.1 Å². The second-order valence-corrected chi connectivity index (χ2v) is 11.2. The third kappa shape index (κ3) is 3.16. The number of hydrogen-bond donors (Lipinski definition) is 2. The van der Waals surface area contributed by atoms with Gasteiger partial charge in [-0.25, -0.2) is 0 Å². The predicted molar refractivity (Wildman–Crippen MR) is 107 cm³/mol. The SMILES string of the molecule is C[C@H](CCC(=O)O)[C@@H]1CC[C@@H]2[C@@H]3CC[C@H]4C[C@@H](O)CC[C@]4(C)[C@@H]3CC[C@@]21C. The summed E-state index contributed by atoms with van der Waals surface area (Å²) in [6.07, 6.45) is 12.4. The number of aliphatic hydroxyl groups excluding tert-OH is 1. The van der Waals surface area contributed by atoms with Crippen LogP contribution in [0.15, 0.2) is 0 Å². The third-order valence-corrected chi connectivity index (χ3v) is 10.2. The molecule has 4 aliphatic carbocycles. The Morgan fingerprint density at radius 3 is 2.44 bits per heavy atom. The van der Waals surface area contributed by atoms with Crippen molar-refractivity contribution in [1.29, 1.82) is 0 Å². The molecule has 4 aliphatic rings. The van der Waals surface area contributed by atoms with Crippen molar-refractivity contribution in [2.75, 3.05) is 0 Å². The van der Waals surface area contributed by atoms with Crippen LogP contribution < -0.4 is 0 Å². The molecule has 4 rings (SSSR count). The Labute approximate surface area is 165 Å². The molecule has 4 saturated carbocycles. The maximum Gasteiger partial charge on any atom is 0.303 e. The highest BCUT2D eigenvalue weighted by Crippen LogP contribution is 2.68. The van der Waals surface area contributed by atoms with Gasteiger partial charge in [0.25, 0.3) is 0 Å². The molecule has 3 nitrogen and oxygen atoms in total. The lowest BCUT2D eigenvalue weighted by Crippen LogP contribution is -2.54. The van der Waals surface area contributed by atoms with Gasteiger partial charge in [0.15, 0.2) is 0 Å². The van der Waals surface area contributed by atoms with Crippen LogP contribution in [0.4, 0.5) is 0 Å². The highest BCUT2D eigenvalue weighted by atomic mass is 16.4. The van der Waals surface area contributed by atoms with Crippen LogP contribution in [0.5, 0.6) is 0 Å². The van der Waals surface area contributed by atoms with Crippen molar-refractivity contribution >= 4 is 5.97 Å². The molecular weight excluding hydrogens is 336 g/mol. The van der Waals surface area contributed by atoms with Crippen LogP contribution in [0.25, 0.3) is 0 Å². The van der Waals surface area contributed by atoms with Gasteiger partial charge in [0.2, 0.25) is 0 Å². The summed E-state index contributed by atoms with van der Waals surface area (Å²) in [6.45, 7) is 7.43. The monoisotopic (exact) mass is 376 g/mol. The van der Waals surface area contributed by atoms with Gasteiger partial charge in [-0.15, -0.1) is 0 Å². The fourth-order valence-electron chi connectivity index (χ4n) is 8.76. The molecule has 0 bridgehead atoms. The van der Waals surface area contributed by atoms with Gasteiger partial charge >= 0.3 is 5.97 Å². The van der Waals surface area contributed by atoms with E-state index in [-0.39, 0.29) is 6.10 Å². The molecular formula is C24H40O3. The third-order valence-electron chi connectivity index (χ3n) is 10.2. The lowest BCUT2D eigenvalue weighted by molar-refractivity contribution is -0.138. The van der Waals surface area contributed by atoms with Gasteiger partial charge in [-0.05, 0) is 111 Å². The molecule has 154 valence electrons. The van der Waals surface area contributed by atoms with E-state index < -0.39 is 5.97 Å². The number of carboxylic acid groups (broad SMARTS) is 1. The van der Waals surface area contributed by atoms with Crippen LogP contribution in [0.2, 0.25) is 0 Å². The maximum absolute atomic E-state index is 11.0. The highest BCUT2D eigenvalue weighted by Gasteiger charge is 2.60. The van der Waals surface area contributed by atoms with Crippen LogP contribution in [0.3, 0.4) is 0 Å². The number of hydrogen-bond acceptors (Lipinski definition) is 2. The minimum absolute atomic E-state index is 0.0561. The van der Waals surface area contributed by atoms with Gasteiger partial charge < -0.3 is 10.2 Å². The largest absolute Gasteiger partial charge is 0.481 e. The zero-order chi connectivity index (χ0) is 19.4. The first-order chi connectivity index (χ1) is 12.8. The number of fused-ring (bicyclic) bond motifs is 5. The zero-order valence-corrected chi connectivity index (χ0v) is 17.6. The molecule has 0 radical (unpaired) electrons. The van der Waals surface area contributed by atoms with Gasteiger partial charge in [0, 0.05) is 6.42 Å². The average molecular weight is 377 g/mol. The lowest BCUT2D eigenvalue weighted by Gasteiger charge is -2.61. The standard InChI is InChI=1S/C24H40O3/c1-15(4-9-22(26)27)19-7-8-20-18-6-5-16-14-17(25)10-12-23(16,2)21(18)11-13-24(19,20)3/h15-21,25H,4-14H2,1-3H3,(H,26,27)/t15-,16+,17+,18+,19+,20-,21-,23+,24-/m1/s1. The first-order valence-electron chi connectivity index (χ1n) is 11.7. The molecule has 4 fully saturated rings.